The Bertz CT molecular complexity index is 1250. The van der Waals surface area contributed by atoms with Crippen molar-refractivity contribution in [2.75, 3.05) is 31.1 Å². The molecule has 192 valence electrons. The van der Waals surface area contributed by atoms with Crippen LogP contribution in [-0.4, -0.2) is 55.0 Å². The van der Waals surface area contributed by atoms with E-state index in [4.69, 9.17) is 11.6 Å². The second-order valence-corrected chi connectivity index (χ2v) is 10.3. The molecular weight excluding hydrogens is 484 g/mol. The Balaban J connectivity index is 1.28. The Kier molecular flexibility index (Phi) is 7.77. The zero-order chi connectivity index (χ0) is 25.8. The maximum Gasteiger partial charge on any atom is 0.245 e. The van der Waals surface area contributed by atoms with Gasteiger partial charge in [-0.1, -0.05) is 66.2 Å². The maximum atomic E-state index is 13.7. The minimum absolute atomic E-state index is 0.0380. The molecule has 0 radical (unpaired) electrons. The first-order valence-corrected chi connectivity index (χ1v) is 13.3. The number of piperazine rings is 1. The van der Waals surface area contributed by atoms with Crippen molar-refractivity contribution < 1.29 is 9.59 Å². The molecule has 7 heteroatoms. The van der Waals surface area contributed by atoms with E-state index in [9.17, 15) is 9.59 Å². The summed E-state index contributed by atoms with van der Waals surface area (Å²) >= 11 is 6.08. The second kappa shape index (κ2) is 11.4. The molecule has 0 aliphatic carbocycles. The minimum Gasteiger partial charge on any atom is -0.368 e. The highest BCUT2D eigenvalue weighted by Crippen LogP contribution is 2.22. The average Bonchev–Trinajstić information content (AvgIpc) is 2.93. The van der Waals surface area contributed by atoms with Crippen molar-refractivity contribution in [3.63, 3.8) is 0 Å². The fourth-order valence-electron chi connectivity index (χ4n) is 5.27. The summed E-state index contributed by atoms with van der Waals surface area (Å²) < 4.78 is 0. The Morgan fingerprint density at radius 3 is 2.35 bits per heavy atom. The lowest BCUT2D eigenvalue weighted by Crippen LogP contribution is -2.58. The van der Waals surface area contributed by atoms with E-state index in [2.05, 4.69) is 52.8 Å². The number of halogens is 1. The van der Waals surface area contributed by atoms with Gasteiger partial charge in [-0.3, -0.25) is 9.59 Å². The fraction of sp³-hybridized carbons (Fsp3) is 0.333. The molecule has 0 aromatic heterocycles. The number of nitrogens with one attached hydrogen (secondary N) is 2. The van der Waals surface area contributed by atoms with Gasteiger partial charge in [0.15, 0.2) is 0 Å². The van der Waals surface area contributed by atoms with Crippen molar-refractivity contribution in [3.05, 3.63) is 100 Å². The first kappa shape index (κ1) is 25.3. The van der Waals surface area contributed by atoms with Gasteiger partial charge in [0, 0.05) is 49.9 Å². The highest BCUT2D eigenvalue weighted by atomic mass is 35.5. The molecule has 6 nitrogen and oxygen atoms in total. The van der Waals surface area contributed by atoms with Crippen LogP contribution in [0.4, 0.5) is 5.69 Å². The highest BCUT2D eigenvalue weighted by molar-refractivity contribution is 6.30. The molecule has 2 N–H and O–H groups in total. The molecule has 2 aliphatic rings. The summed E-state index contributed by atoms with van der Waals surface area (Å²) in [4.78, 5) is 31.3. The molecule has 0 spiro atoms. The topological polar surface area (TPSA) is 64.7 Å². The molecule has 0 bridgehead atoms. The molecular formula is C30H33ClN4O2. The zero-order valence-electron chi connectivity index (χ0n) is 21.1. The Hall–Kier alpha value is -3.35. The number of carbonyl (C=O) groups is 2. The summed E-state index contributed by atoms with van der Waals surface area (Å²) in [5, 5.41) is 7.08. The van der Waals surface area contributed by atoms with Crippen LogP contribution in [0.2, 0.25) is 5.02 Å². The third-order valence-corrected chi connectivity index (χ3v) is 7.66. The average molecular weight is 517 g/mol. The molecule has 5 rings (SSSR count). The normalized spacial score (nSPS) is 18.2. The molecule has 2 heterocycles. The van der Waals surface area contributed by atoms with Gasteiger partial charge in [-0.15, -0.1) is 0 Å². The summed E-state index contributed by atoms with van der Waals surface area (Å²) in [6, 6.07) is 23.0. The van der Waals surface area contributed by atoms with Crippen LogP contribution in [0.5, 0.6) is 0 Å². The van der Waals surface area contributed by atoms with Crippen molar-refractivity contribution in [3.8, 4) is 0 Å². The van der Waals surface area contributed by atoms with Gasteiger partial charge in [-0.05, 0) is 53.8 Å². The van der Waals surface area contributed by atoms with Crippen LogP contribution < -0.4 is 15.5 Å². The quantitative estimate of drug-likeness (QED) is 0.524. The summed E-state index contributed by atoms with van der Waals surface area (Å²) in [5.41, 5.74) is 5.80. The Morgan fingerprint density at radius 1 is 0.946 bits per heavy atom. The Labute approximate surface area is 223 Å². The van der Waals surface area contributed by atoms with Crippen molar-refractivity contribution in [2.45, 2.75) is 38.4 Å². The summed E-state index contributed by atoms with van der Waals surface area (Å²) in [6.07, 6.45) is 1.03. The van der Waals surface area contributed by atoms with Gasteiger partial charge >= 0.3 is 0 Å². The van der Waals surface area contributed by atoms with Crippen molar-refractivity contribution in [1.82, 2.24) is 15.5 Å². The summed E-state index contributed by atoms with van der Waals surface area (Å²) in [6.45, 7) is 5.52. The van der Waals surface area contributed by atoms with Crippen LogP contribution in [0.3, 0.4) is 0 Å². The molecule has 0 saturated carbocycles. The van der Waals surface area contributed by atoms with Crippen LogP contribution in [0.1, 0.15) is 22.3 Å². The standard InChI is InChI=1S/C30H33ClN4O2/c1-21-6-2-5-9-28(21)34-14-16-35(17-15-34)30(37)27(18-22-10-12-25(31)13-11-22)33-29(36)26-19-23-7-3-4-8-24(23)20-32-26/h2-13,26-27,32H,14-20H2,1H3,(H,33,36)/t26-,27-/m1/s1. The number of aryl methyl sites for hydroxylation is 1. The number of hydrogen-bond donors (Lipinski definition) is 2. The smallest absolute Gasteiger partial charge is 0.245 e. The van der Waals surface area contributed by atoms with Crippen LogP contribution in [-0.2, 0) is 29.0 Å². The van der Waals surface area contributed by atoms with Crippen LogP contribution in [0, 0.1) is 6.92 Å². The third-order valence-electron chi connectivity index (χ3n) is 7.41. The molecule has 37 heavy (non-hydrogen) atoms. The number of benzene rings is 3. The van der Waals surface area contributed by atoms with Gasteiger partial charge in [-0.25, -0.2) is 0 Å². The minimum atomic E-state index is -0.641. The Morgan fingerprint density at radius 2 is 1.62 bits per heavy atom. The van der Waals surface area contributed by atoms with Gasteiger partial charge in [-0.2, -0.15) is 0 Å². The maximum absolute atomic E-state index is 13.7. The number of carbonyl (C=O) groups excluding carboxylic acids is 2. The number of hydrogen-bond acceptors (Lipinski definition) is 4. The van der Waals surface area contributed by atoms with E-state index in [-0.39, 0.29) is 17.9 Å². The van der Waals surface area contributed by atoms with E-state index < -0.39 is 6.04 Å². The van der Waals surface area contributed by atoms with Crippen molar-refractivity contribution in [1.29, 1.82) is 0 Å². The third kappa shape index (κ3) is 5.97. The van der Waals surface area contributed by atoms with Crippen LogP contribution in [0.25, 0.3) is 0 Å². The predicted octanol–water partition coefficient (Wildman–Crippen LogP) is 3.74. The molecule has 3 aromatic rings. The fourth-order valence-corrected chi connectivity index (χ4v) is 5.40. The van der Waals surface area contributed by atoms with Crippen molar-refractivity contribution in [2.24, 2.45) is 0 Å². The summed E-state index contributed by atoms with van der Waals surface area (Å²) in [5.74, 6) is -0.177. The van der Waals surface area contributed by atoms with Gasteiger partial charge in [0.05, 0.1) is 6.04 Å². The van der Waals surface area contributed by atoms with Crippen LogP contribution in [0.15, 0.2) is 72.8 Å². The van der Waals surface area contributed by atoms with E-state index in [1.54, 1.807) is 0 Å². The van der Waals surface area contributed by atoms with E-state index >= 15 is 0 Å². The van der Waals surface area contributed by atoms with Crippen LogP contribution >= 0.6 is 11.6 Å². The van der Waals surface area contributed by atoms with E-state index in [1.165, 1.54) is 22.4 Å². The molecule has 1 saturated heterocycles. The molecule has 2 aliphatic heterocycles. The lowest BCUT2D eigenvalue weighted by atomic mass is 9.95. The van der Waals surface area contributed by atoms with Gasteiger partial charge in [0.1, 0.15) is 6.04 Å². The van der Waals surface area contributed by atoms with Gasteiger partial charge < -0.3 is 20.4 Å². The summed E-state index contributed by atoms with van der Waals surface area (Å²) in [7, 11) is 0. The largest absolute Gasteiger partial charge is 0.368 e. The number of rotatable bonds is 6. The number of amides is 2. The lowest BCUT2D eigenvalue weighted by molar-refractivity contribution is -0.137. The number of anilines is 1. The number of para-hydroxylation sites is 1. The lowest BCUT2D eigenvalue weighted by Gasteiger charge is -2.38. The SMILES string of the molecule is Cc1ccccc1N1CCN(C(=O)[C@@H](Cc2ccc(Cl)cc2)NC(=O)[C@H]2Cc3ccccc3CN2)CC1. The first-order chi connectivity index (χ1) is 18.0. The number of nitrogens with zero attached hydrogens (tertiary/aromatic N) is 2. The van der Waals surface area contributed by atoms with Gasteiger partial charge in [0.2, 0.25) is 11.8 Å². The second-order valence-electron chi connectivity index (χ2n) is 9.90. The predicted molar refractivity (Wildman–Crippen MR) is 148 cm³/mol. The number of fused-ring (bicyclic) bond motifs is 1. The first-order valence-electron chi connectivity index (χ1n) is 12.9. The van der Waals surface area contributed by atoms with Gasteiger partial charge in [0.25, 0.3) is 0 Å². The zero-order valence-corrected chi connectivity index (χ0v) is 21.9. The van der Waals surface area contributed by atoms with Crippen molar-refractivity contribution >= 4 is 29.1 Å². The molecule has 2 amide bonds. The highest BCUT2D eigenvalue weighted by Gasteiger charge is 2.32. The van der Waals surface area contributed by atoms with E-state index in [0.717, 1.165) is 18.7 Å². The molecule has 0 unspecified atom stereocenters. The van der Waals surface area contributed by atoms with E-state index in [0.29, 0.717) is 37.5 Å². The monoisotopic (exact) mass is 516 g/mol. The molecule has 3 aromatic carbocycles. The van der Waals surface area contributed by atoms with E-state index in [1.807, 2.05) is 47.4 Å². The molecule has 2 atom stereocenters. The molecule has 1 fully saturated rings.